The highest BCUT2D eigenvalue weighted by molar-refractivity contribution is 6.25. The highest BCUT2D eigenvalue weighted by Gasteiger charge is 2.61. The molecule has 330 valence electrons. The molecule has 0 radical (unpaired) electrons. The lowest BCUT2D eigenvalue weighted by Gasteiger charge is -2.46. The molecular weight excluding hydrogens is 782 g/mol. The number of halogens is 1. The van der Waals surface area contributed by atoms with E-state index in [1.807, 2.05) is 64.2 Å². The molecule has 3 aliphatic heterocycles. The van der Waals surface area contributed by atoms with Crippen LogP contribution in [-0.4, -0.2) is 147 Å². The highest BCUT2D eigenvalue weighted by Crippen LogP contribution is 2.42. The van der Waals surface area contributed by atoms with Gasteiger partial charge in [0.25, 0.3) is 0 Å². The number of hydrogen-bond donors (Lipinski definition) is 2. The molecule has 0 aliphatic carbocycles. The summed E-state index contributed by atoms with van der Waals surface area (Å²) in [5, 5.41) is 21.8. The quantitative estimate of drug-likeness (QED) is 0.130. The van der Waals surface area contributed by atoms with E-state index in [-0.39, 0.29) is 24.5 Å². The summed E-state index contributed by atoms with van der Waals surface area (Å²) >= 11 is 7.38. The summed E-state index contributed by atoms with van der Waals surface area (Å²) in [6, 6.07) is 4.27. The van der Waals surface area contributed by atoms with E-state index in [0.29, 0.717) is 44.6 Å². The molecule has 17 heteroatoms. The number of Topliss-reactive ketones (excluding diaryl/α,β-unsaturated/α-hetero) is 1. The van der Waals surface area contributed by atoms with Crippen molar-refractivity contribution in [3.8, 4) is 11.4 Å². The number of ether oxygens (including phenoxy) is 5. The molecule has 2 N–H and O–H groups in total. The predicted octanol–water partition coefficient (Wildman–Crippen LogP) is 4.66. The molecule has 3 saturated heterocycles. The van der Waals surface area contributed by atoms with E-state index in [4.69, 9.17) is 35.3 Å². The van der Waals surface area contributed by atoms with Crippen molar-refractivity contribution in [2.24, 2.45) is 17.8 Å². The van der Waals surface area contributed by atoms with Crippen LogP contribution < -0.4 is 5.32 Å². The van der Waals surface area contributed by atoms with Crippen molar-refractivity contribution >= 4 is 29.4 Å². The number of fused-ring (bicyclic) bond motifs is 1. The van der Waals surface area contributed by atoms with E-state index in [0.717, 1.165) is 18.5 Å². The number of carbonyl (C=O) groups is 3. The lowest BCUT2D eigenvalue weighted by Crippen LogP contribution is -2.59. The van der Waals surface area contributed by atoms with Crippen LogP contribution in [0.2, 0.25) is 0 Å². The van der Waals surface area contributed by atoms with Gasteiger partial charge in [-0.3, -0.25) is 24.2 Å². The van der Waals surface area contributed by atoms with Gasteiger partial charge in [0.05, 0.1) is 29.7 Å². The molecule has 0 saturated carbocycles. The molecule has 2 aromatic heterocycles. The first kappa shape index (κ1) is 46.8. The lowest BCUT2D eigenvalue weighted by molar-refractivity contribution is -0.295. The Balaban J connectivity index is 1.35. The summed E-state index contributed by atoms with van der Waals surface area (Å²) in [6.45, 7) is 14.3. The second kappa shape index (κ2) is 20.1. The zero-order valence-electron chi connectivity index (χ0n) is 36.4. The van der Waals surface area contributed by atoms with Crippen molar-refractivity contribution in [3.63, 3.8) is 0 Å². The third-order valence-corrected chi connectivity index (χ3v) is 12.9. The van der Waals surface area contributed by atoms with E-state index in [1.165, 1.54) is 6.92 Å². The van der Waals surface area contributed by atoms with E-state index in [1.54, 1.807) is 36.7 Å². The van der Waals surface area contributed by atoms with Crippen molar-refractivity contribution in [2.45, 2.75) is 153 Å². The van der Waals surface area contributed by atoms with Crippen LogP contribution in [0.25, 0.3) is 11.4 Å². The number of hydrogen-bond acceptors (Lipinski definition) is 14. The summed E-state index contributed by atoms with van der Waals surface area (Å²) in [5.41, 5.74) is 0.390. The molecule has 3 fully saturated rings. The Morgan fingerprint density at radius 1 is 1.07 bits per heavy atom. The summed E-state index contributed by atoms with van der Waals surface area (Å²) in [6.07, 6.45) is 2.22. The van der Waals surface area contributed by atoms with Crippen LogP contribution in [-0.2, 0) is 39.8 Å². The lowest BCUT2D eigenvalue weighted by atomic mass is 9.78. The Kier molecular flexibility index (Phi) is 15.9. The maximum absolute atomic E-state index is 14.3. The molecule has 2 aromatic rings. The Labute approximate surface area is 353 Å². The molecule has 5 heterocycles. The molecule has 3 aliphatic rings. The fourth-order valence-corrected chi connectivity index (χ4v) is 9.53. The van der Waals surface area contributed by atoms with Gasteiger partial charge in [0.15, 0.2) is 18.2 Å². The topological polar surface area (TPSA) is 180 Å². The van der Waals surface area contributed by atoms with Gasteiger partial charge in [-0.1, -0.05) is 43.7 Å². The second-order valence-corrected chi connectivity index (χ2v) is 17.8. The van der Waals surface area contributed by atoms with Crippen LogP contribution in [0.3, 0.4) is 0 Å². The number of nitrogens with one attached hydrogen (secondary N) is 1. The number of carbonyl (C=O) groups excluding carboxylic acids is 3. The van der Waals surface area contributed by atoms with Gasteiger partial charge in [0, 0.05) is 44.4 Å². The van der Waals surface area contributed by atoms with Gasteiger partial charge < -0.3 is 39.0 Å². The third-order valence-electron chi connectivity index (χ3n) is 12.4. The minimum absolute atomic E-state index is 0.0463. The number of aryl methyl sites for hydroxylation is 1. The van der Waals surface area contributed by atoms with E-state index < -0.39 is 77.0 Å². The number of methoxy groups -OCH3 is 1. The largest absolute Gasteiger partial charge is 0.456 e. The molecule has 0 spiro atoms. The maximum Gasteiger partial charge on any atom is 0.412 e. The van der Waals surface area contributed by atoms with Crippen LogP contribution in [0.4, 0.5) is 4.79 Å². The van der Waals surface area contributed by atoms with Crippen molar-refractivity contribution < 1.29 is 43.2 Å². The SMILES string of the molecule is CC[C@H]1OC(=O)[C@H](C)C(=O)[C@@H](C)[C@@H](O[C@@H]2O[C@H](C)CC(N(C)C)C2O)[C@](C)(OC)C[C@@H](C)CN[C@H](C)[C@H]2N(CCCCCn3cc(-c4ccccn4)nn3)C(=O)O[C@]12Cl. The average Bonchev–Trinajstić information content (AvgIpc) is 3.79. The number of aliphatic hydroxyl groups excluding tert-OH is 1. The summed E-state index contributed by atoms with van der Waals surface area (Å²) in [4.78, 5) is 49.9. The number of esters is 1. The van der Waals surface area contributed by atoms with E-state index >= 15 is 0 Å². The Morgan fingerprint density at radius 2 is 1.80 bits per heavy atom. The summed E-state index contributed by atoms with van der Waals surface area (Å²) in [7, 11) is 5.36. The zero-order chi connectivity index (χ0) is 43.2. The Bertz CT molecular complexity index is 1700. The molecule has 5 rings (SSSR count). The monoisotopic (exact) mass is 847 g/mol. The molecule has 0 aromatic carbocycles. The van der Waals surface area contributed by atoms with Crippen LogP contribution in [0.1, 0.15) is 87.0 Å². The smallest absolute Gasteiger partial charge is 0.412 e. The van der Waals surface area contributed by atoms with Crippen molar-refractivity contribution in [1.29, 1.82) is 0 Å². The number of alkyl halides is 1. The van der Waals surface area contributed by atoms with Gasteiger partial charge >= 0.3 is 12.1 Å². The Hall–Kier alpha value is -3.25. The van der Waals surface area contributed by atoms with Gasteiger partial charge in [0.2, 0.25) is 5.06 Å². The van der Waals surface area contributed by atoms with Crippen LogP contribution in [0.5, 0.6) is 0 Å². The number of likely N-dealkylation sites (N-methyl/N-ethyl adjacent to an activating group) is 1. The molecule has 16 nitrogen and oxygen atoms in total. The molecule has 59 heavy (non-hydrogen) atoms. The number of ketones is 1. The molecule has 0 bridgehead atoms. The summed E-state index contributed by atoms with van der Waals surface area (Å²) in [5.74, 6) is -3.39. The van der Waals surface area contributed by atoms with E-state index in [2.05, 4.69) is 27.5 Å². The zero-order valence-corrected chi connectivity index (χ0v) is 37.1. The minimum Gasteiger partial charge on any atom is -0.456 e. The number of cyclic esters (lactones) is 1. The van der Waals surface area contributed by atoms with Crippen LogP contribution >= 0.6 is 11.6 Å². The second-order valence-electron chi connectivity index (χ2n) is 17.2. The molecule has 13 atom stereocenters. The molecule has 1 amide bonds. The maximum atomic E-state index is 14.3. The van der Waals surface area contributed by atoms with E-state index in [9.17, 15) is 19.5 Å². The third kappa shape index (κ3) is 10.6. The van der Waals surface area contributed by atoms with Crippen molar-refractivity contribution in [1.82, 2.24) is 35.1 Å². The molecular formula is C42H66ClN7O9. The fraction of sp³-hybridized carbons (Fsp3) is 0.762. The van der Waals surface area contributed by atoms with Gasteiger partial charge in [-0.25, -0.2) is 4.79 Å². The standard InChI is InChI=1S/C42H66ClN7O9/c1-11-33-42(43)36(50(40(54)59-42)20-16-12-15-19-49-24-31(46-47-49)30-17-13-14-18-44-30)29(6)45-23-25(2)22-41(7,55-10)37(27(4)34(51)28(5)38(53)57-33)58-39-35(52)32(48(8)9)21-26(3)56-39/h13-14,17-18,24-29,32-33,35-37,39,45,52H,11-12,15-16,19-23H2,1-10H3/t25-,26-,27-,28-,29-,32?,33-,35?,36-,37-,39+,41-,42-/m1/s1. The summed E-state index contributed by atoms with van der Waals surface area (Å²) < 4.78 is 32.9. The Morgan fingerprint density at radius 3 is 2.46 bits per heavy atom. The predicted molar refractivity (Wildman–Crippen MR) is 220 cm³/mol. The number of aromatic nitrogens is 4. The first-order valence-electron chi connectivity index (χ1n) is 21.1. The number of rotatable bonds is 12. The van der Waals surface area contributed by atoms with Crippen LogP contribution in [0, 0.1) is 17.8 Å². The van der Waals surface area contributed by atoms with Crippen LogP contribution in [0.15, 0.2) is 30.6 Å². The first-order valence-corrected chi connectivity index (χ1v) is 21.5. The molecule has 2 unspecified atom stereocenters. The van der Waals surface area contributed by atoms with Gasteiger partial charge in [0.1, 0.15) is 23.8 Å². The van der Waals surface area contributed by atoms with Gasteiger partial charge in [-0.05, 0) is 105 Å². The van der Waals surface area contributed by atoms with Crippen molar-refractivity contribution in [2.75, 3.05) is 34.3 Å². The van der Waals surface area contributed by atoms with Crippen molar-refractivity contribution in [3.05, 3.63) is 30.6 Å². The van der Waals surface area contributed by atoms with Gasteiger partial charge in [-0.15, -0.1) is 5.10 Å². The number of nitrogens with zero attached hydrogens (tertiary/aromatic N) is 6. The average molecular weight is 848 g/mol. The van der Waals surface area contributed by atoms with Gasteiger partial charge in [-0.2, -0.15) is 0 Å². The fourth-order valence-electron chi connectivity index (χ4n) is 8.96. The number of pyridine rings is 1. The normalized spacial score (nSPS) is 36.5. The number of aliphatic hydroxyl groups is 1. The number of amides is 1. The number of unbranched alkanes of at least 4 members (excludes halogenated alkanes) is 2. The first-order chi connectivity index (χ1) is 27.9. The highest BCUT2D eigenvalue weighted by atomic mass is 35.5. The minimum atomic E-state index is -1.74.